The van der Waals surface area contributed by atoms with E-state index in [0.717, 1.165) is 12.0 Å². The van der Waals surface area contributed by atoms with Crippen molar-refractivity contribution < 1.29 is 4.79 Å². The molecule has 0 bridgehead atoms. The molecule has 0 aromatic heterocycles. The zero-order valence-electron chi connectivity index (χ0n) is 10.7. The van der Waals surface area contributed by atoms with Gasteiger partial charge < -0.3 is 10.6 Å². The Hall–Kier alpha value is -0.770. The van der Waals surface area contributed by atoms with Crippen molar-refractivity contribution >= 4 is 29.9 Å². The van der Waals surface area contributed by atoms with Crippen LogP contribution in [0, 0.1) is 0 Å². The third kappa shape index (κ3) is 4.84. The van der Waals surface area contributed by atoms with Crippen LogP contribution in [0.1, 0.15) is 25.3 Å². The molecule has 0 radical (unpaired) electrons. The Labute approximate surface area is 120 Å². The van der Waals surface area contributed by atoms with E-state index in [-0.39, 0.29) is 18.3 Å². The van der Waals surface area contributed by atoms with Crippen LogP contribution < -0.4 is 5.73 Å². The maximum Gasteiger partial charge on any atom is 0.239 e. The molecule has 0 saturated carbocycles. The SMILES string of the molecule is CCCC(N)C(=O)N(C)Cc1ccccc1Cl.Cl. The molecule has 3 nitrogen and oxygen atoms in total. The van der Waals surface area contributed by atoms with Crippen LogP contribution in [-0.2, 0) is 11.3 Å². The predicted molar refractivity (Wildman–Crippen MR) is 78.1 cm³/mol. The number of amides is 1. The van der Waals surface area contributed by atoms with Crippen molar-refractivity contribution in [2.75, 3.05) is 7.05 Å². The Balaban J connectivity index is 0.00000289. The molecule has 1 amide bonds. The standard InChI is InChI=1S/C13H19ClN2O.ClH/c1-3-6-12(15)13(17)16(2)9-10-7-4-5-8-11(10)14;/h4-5,7-8,12H,3,6,9,15H2,1-2H3;1H. The lowest BCUT2D eigenvalue weighted by molar-refractivity contribution is -0.131. The van der Waals surface area contributed by atoms with E-state index in [2.05, 4.69) is 0 Å². The first-order chi connectivity index (χ1) is 8.06. The average Bonchev–Trinajstić information content (AvgIpc) is 2.31. The molecule has 0 fully saturated rings. The van der Waals surface area contributed by atoms with E-state index in [1.807, 2.05) is 31.2 Å². The summed E-state index contributed by atoms with van der Waals surface area (Å²) in [5.74, 6) is -0.0354. The quantitative estimate of drug-likeness (QED) is 0.906. The molecule has 0 aliphatic carbocycles. The maximum atomic E-state index is 11.9. The first-order valence-corrected chi connectivity index (χ1v) is 6.18. The van der Waals surface area contributed by atoms with E-state index >= 15 is 0 Å². The van der Waals surface area contributed by atoms with Gasteiger partial charge in [-0.3, -0.25) is 4.79 Å². The molecule has 5 heteroatoms. The van der Waals surface area contributed by atoms with E-state index in [0.29, 0.717) is 18.0 Å². The van der Waals surface area contributed by atoms with Crippen molar-refractivity contribution in [3.05, 3.63) is 34.9 Å². The van der Waals surface area contributed by atoms with Crippen molar-refractivity contribution in [2.45, 2.75) is 32.4 Å². The highest BCUT2D eigenvalue weighted by Crippen LogP contribution is 2.16. The lowest BCUT2D eigenvalue weighted by Crippen LogP contribution is -2.41. The van der Waals surface area contributed by atoms with Crippen molar-refractivity contribution in [3.8, 4) is 0 Å². The van der Waals surface area contributed by atoms with Crippen molar-refractivity contribution in [1.82, 2.24) is 4.90 Å². The summed E-state index contributed by atoms with van der Waals surface area (Å²) < 4.78 is 0. The van der Waals surface area contributed by atoms with E-state index in [9.17, 15) is 4.79 Å². The fourth-order valence-corrected chi connectivity index (χ4v) is 1.87. The van der Waals surface area contributed by atoms with Gasteiger partial charge in [0.1, 0.15) is 0 Å². The third-order valence-corrected chi connectivity index (χ3v) is 3.03. The highest BCUT2D eigenvalue weighted by molar-refractivity contribution is 6.31. The van der Waals surface area contributed by atoms with Crippen LogP contribution in [0.15, 0.2) is 24.3 Å². The second kappa shape index (κ2) is 8.35. The lowest BCUT2D eigenvalue weighted by atomic mass is 10.1. The number of likely N-dealkylation sites (N-methyl/N-ethyl adjacent to an activating group) is 1. The molecule has 0 aliphatic heterocycles. The summed E-state index contributed by atoms with van der Waals surface area (Å²) >= 11 is 6.04. The molecule has 18 heavy (non-hydrogen) atoms. The molecule has 0 spiro atoms. The van der Waals surface area contributed by atoms with Crippen LogP contribution >= 0.6 is 24.0 Å². The Kier molecular flexibility index (Phi) is 8.00. The van der Waals surface area contributed by atoms with Gasteiger partial charge in [0.25, 0.3) is 0 Å². The van der Waals surface area contributed by atoms with Crippen molar-refractivity contribution in [3.63, 3.8) is 0 Å². The molecule has 0 heterocycles. The Morgan fingerprint density at radius 3 is 2.61 bits per heavy atom. The van der Waals surface area contributed by atoms with Crippen molar-refractivity contribution in [1.29, 1.82) is 0 Å². The van der Waals surface area contributed by atoms with Crippen LogP contribution in [-0.4, -0.2) is 23.9 Å². The minimum Gasteiger partial charge on any atom is -0.340 e. The van der Waals surface area contributed by atoms with Gasteiger partial charge >= 0.3 is 0 Å². The summed E-state index contributed by atoms with van der Waals surface area (Å²) in [5.41, 5.74) is 6.73. The van der Waals surface area contributed by atoms with Crippen LogP contribution in [0.2, 0.25) is 5.02 Å². The van der Waals surface area contributed by atoms with Gasteiger partial charge in [0.15, 0.2) is 0 Å². The molecule has 2 N–H and O–H groups in total. The minimum atomic E-state index is -0.410. The Morgan fingerprint density at radius 1 is 1.44 bits per heavy atom. The number of rotatable bonds is 5. The van der Waals surface area contributed by atoms with Gasteiger partial charge in [0.2, 0.25) is 5.91 Å². The number of nitrogens with zero attached hydrogens (tertiary/aromatic N) is 1. The van der Waals surface area contributed by atoms with Gasteiger partial charge in [-0.2, -0.15) is 0 Å². The van der Waals surface area contributed by atoms with E-state index in [1.54, 1.807) is 11.9 Å². The summed E-state index contributed by atoms with van der Waals surface area (Å²) in [5, 5.41) is 0.677. The summed E-state index contributed by atoms with van der Waals surface area (Å²) in [6, 6.07) is 7.10. The van der Waals surface area contributed by atoms with E-state index < -0.39 is 6.04 Å². The molecule has 1 atom stereocenters. The molecule has 1 rings (SSSR count). The second-order valence-corrected chi connectivity index (χ2v) is 4.59. The van der Waals surface area contributed by atoms with Crippen LogP contribution in [0.3, 0.4) is 0 Å². The normalized spacial score (nSPS) is 11.6. The summed E-state index contributed by atoms with van der Waals surface area (Å²) in [6.07, 6.45) is 1.62. The Morgan fingerprint density at radius 2 is 2.06 bits per heavy atom. The zero-order valence-corrected chi connectivity index (χ0v) is 12.3. The number of benzene rings is 1. The molecule has 0 aliphatic rings. The van der Waals surface area contributed by atoms with Crippen LogP contribution in [0.5, 0.6) is 0 Å². The van der Waals surface area contributed by atoms with E-state index in [1.165, 1.54) is 0 Å². The first-order valence-electron chi connectivity index (χ1n) is 5.80. The molecular weight excluding hydrogens is 271 g/mol. The average molecular weight is 291 g/mol. The van der Waals surface area contributed by atoms with E-state index in [4.69, 9.17) is 17.3 Å². The molecule has 1 aromatic rings. The van der Waals surface area contributed by atoms with Crippen molar-refractivity contribution in [2.24, 2.45) is 5.73 Å². The topological polar surface area (TPSA) is 46.3 Å². The second-order valence-electron chi connectivity index (χ2n) is 4.18. The highest BCUT2D eigenvalue weighted by atomic mass is 35.5. The number of hydrogen-bond donors (Lipinski definition) is 1. The summed E-state index contributed by atoms with van der Waals surface area (Å²) in [6.45, 7) is 2.51. The largest absolute Gasteiger partial charge is 0.340 e. The Bertz CT molecular complexity index is 385. The molecule has 1 aromatic carbocycles. The van der Waals surface area contributed by atoms with Gasteiger partial charge in [-0.05, 0) is 18.1 Å². The maximum absolute atomic E-state index is 11.9. The van der Waals surface area contributed by atoms with Gasteiger partial charge in [-0.1, -0.05) is 43.1 Å². The zero-order chi connectivity index (χ0) is 12.8. The molecule has 1 unspecified atom stereocenters. The predicted octanol–water partition coefficient (Wildman–Crippen LogP) is 2.85. The monoisotopic (exact) mass is 290 g/mol. The third-order valence-electron chi connectivity index (χ3n) is 2.66. The van der Waals surface area contributed by atoms with Gasteiger partial charge in [0, 0.05) is 18.6 Å². The summed E-state index contributed by atoms with van der Waals surface area (Å²) in [4.78, 5) is 13.5. The number of halogens is 2. The summed E-state index contributed by atoms with van der Waals surface area (Å²) in [7, 11) is 1.75. The highest BCUT2D eigenvalue weighted by Gasteiger charge is 2.17. The van der Waals surface area contributed by atoms with Gasteiger partial charge in [0.05, 0.1) is 6.04 Å². The smallest absolute Gasteiger partial charge is 0.239 e. The van der Waals surface area contributed by atoms with Crippen LogP contribution in [0.4, 0.5) is 0 Å². The number of carbonyl (C=O) groups excluding carboxylic acids is 1. The number of carbonyl (C=O) groups is 1. The fraction of sp³-hybridized carbons (Fsp3) is 0.462. The number of nitrogens with two attached hydrogens (primary N) is 1. The lowest BCUT2D eigenvalue weighted by Gasteiger charge is -2.21. The van der Waals surface area contributed by atoms with Crippen LogP contribution in [0.25, 0.3) is 0 Å². The molecular formula is C13H20Cl2N2O. The van der Waals surface area contributed by atoms with Gasteiger partial charge in [-0.25, -0.2) is 0 Å². The first kappa shape index (κ1) is 17.2. The van der Waals surface area contributed by atoms with Gasteiger partial charge in [-0.15, -0.1) is 12.4 Å². The number of hydrogen-bond acceptors (Lipinski definition) is 2. The fourth-order valence-electron chi connectivity index (χ4n) is 1.68. The molecule has 102 valence electrons. The molecule has 0 saturated heterocycles. The minimum absolute atomic E-state index is 0.